The zero-order valence-corrected chi connectivity index (χ0v) is 14.6. The van der Waals surface area contributed by atoms with E-state index in [0.717, 1.165) is 31.2 Å². The Hall–Kier alpha value is -0.910. The third kappa shape index (κ3) is 6.16. The minimum absolute atomic E-state index is 0.272. The predicted octanol–water partition coefficient (Wildman–Crippen LogP) is 2.81. The van der Waals surface area contributed by atoms with Gasteiger partial charge in [-0.05, 0) is 26.3 Å². The van der Waals surface area contributed by atoms with Gasteiger partial charge in [-0.2, -0.15) is 0 Å². The summed E-state index contributed by atoms with van der Waals surface area (Å²) in [6.07, 6.45) is 1.20. The van der Waals surface area contributed by atoms with E-state index in [1.165, 1.54) is 0 Å². The van der Waals surface area contributed by atoms with Crippen LogP contribution >= 0.6 is 23.2 Å². The Morgan fingerprint density at radius 2 is 2.10 bits per heavy atom. The van der Waals surface area contributed by atoms with E-state index in [-0.39, 0.29) is 6.10 Å². The summed E-state index contributed by atoms with van der Waals surface area (Å²) in [4.78, 5) is 4.17. The summed E-state index contributed by atoms with van der Waals surface area (Å²) in [6.45, 7) is 6.21. The number of guanidine groups is 1. The van der Waals surface area contributed by atoms with Crippen LogP contribution in [0, 0.1) is 0 Å². The Morgan fingerprint density at radius 1 is 1.38 bits per heavy atom. The Labute approximate surface area is 136 Å². The lowest BCUT2D eigenvalue weighted by atomic mass is 10.4. The molecule has 0 saturated heterocycles. The van der Waals surface area contributed by atoms with Crippen molar-refractivity contribution < 1.29 is 4.74 Å². The van der Waals surface area contributed by atoms with Gasteiger partial charge in [-0.3, -0.25) is 4.99 Å². The largest absolute Gasteiger partial charge is 0.379 e. The highest BCUT2D eigenvalue weighted by Crippen LogP contribution is 2.24. The first kappa shape index (κ1) is 18.1. The molecule has 0 amide bonds. The first-order valence-electron chi connectivity index (χ1n) is 7.01. The number of nitrogens with zero attached hydrogens (tertiary/aromatic N) is 2. The molecule has 0 aliphatic heterocycles. The van der Waals surface area contributed by atoms with Crippen LogP contribution in [0.25, 0.3) is 0 Å². The molecule has 0 atom stereocenters. The SMILES string of the molecule is CN=C(NCCCOC(C)C)NCc1cc(Cl)c(Cl)n1C. The second-order valence-corrected chi connectivity index (χ2v) is 5.72. The van der Waals surface area contributed by atoms with Crippen molar-refractivity contribution in [2.75, 3.05) is 20.2 Å². The third-order valence-corrected chi connectivity index (χ3v) is 3.78. The predicted molar refractivity (Wildman–Crippen MR) is 89.3 cm³/mol. The third-order valence-electron chi connectivity index (χ3n) is 2.94. The number of hydrogen-bond acceptors (Lipinski definition) is 2. The average molecular weight is 335 g/mol. The number of halogens is 2. The monoisotopic (exact) mass is 334 g/mol. The second kappa shape index (κ2) is 9.18. The van der Waals surface area contributed by atoms with E-state index in [1.807, 2.05) is 31.5 Å². The molecule has 0 bridgehead atoms. The Kier molecular flexibility index (Phi) is 7.93. The van der Waals surface area contributed by atoms with Crippen LogP contribution in [0.4, 0.5) is 0 Å². The van der Waals surface area contributed by atoms with Crippen molar-refractivity contribution in [3.8, 4) is 0 Å². The van der Waals surface area contributed by atoms with Gasteiger partial charge in [-0.1, -0.05) is 23.2 Å². The topological polar surface area (TPSA) is 50.6 Å². The smallest absolute Gasteiger partial charge is 0.191 e. The van der Waals surface area contributed by atoms with E-state index in [2.05, 4.69) is 15.6 Å². The summed E-state index contributed by atoms with van der Waals surface area (Å²) in [5.74, 6) is 0.744. The summed E-state index contributed by atoms with van der Waals surface area (Å²) in [5, 5.41) is 7.57. The summed E-state index contributed by atoms with van der Waals surface area (Å²) in [5.41, 5.74) is 0.996. The van der Waals surface area contributed by atoms with Gasteiger partial charge >= 0.3 is 0 Å². The quantitative estimate of drug-likeness (QED) is 0.458. The van der Waals surface area contributed by atoms with Crippen molar-refractivity contribution in [2.24, 2.45) is 12.0 Å². The van der Waals surface area contributed by atoms with Gasteiger partial charge in [0.05, 0.1) is 17.7 Å². The number of aromatic nitrogens is 1. The molecule has 7 heteroatoms. The van der Waals surface area contributed by atoms with Gasteiger partial charge in [0, 0.05) is 32.9 Å². The zero-order chi connectivity index (χ0) is 15.8. The first-order valence-corrected chi connectivity index (χ1v) is 7.77. The summed E-state index contributed by atoms with van der Waals surface area (Å²) in [6, 6.07) is 1.85. The molecule has 0 saturated carbocycles. The lowest BCUT2D eigenvalue weighted by Crippen LogP contribution is -2.38. The highest BCUT2D eigenvalue weighted by Gasteiger charge is 2.09. The number of aliphatic imine (C=N–C) groups is 1. The van der Waals surface area contributed by atoms with Crippen molar-refractivity contribution in [3.05, 3.63) is 21.9 Å². The number of rotatable bonds is 7. The van der Waals surface area contributed by atoms with Gasteiger partial charge in [-0.15, -0.1) is 0 Å². The molecule has 5 nitrogen and oxygen atoms in total. The molecule has 0 fully saturated rings. The van der Waals surface area contributed by atoms with Crippen molar-refractivity contribution in [3.63, 3.8) is 0 Å². The Bertz CT molecular complexity index is 472. The highest BCUT2D eigenvalue weighted by atomic mass is 35.5. The maximum Gasteiger partial charge on any atom is 0.191 e. The van der Waals surface area contributed by atoms with Crippen LogP contribution in [-0.4, -0.2) is 36.8 Å². The number of nitrogens with one attached hydrogen (secondary N) is 2. The number of ether oxygens (including phenoxy) is 1. The van der Waals surface area contributed by atoms with Gasteiger partial charge < -0.3 is 19.9 Å². The molecule has 1 aromatic rings. The van der Waals surface area contributed by atoms with E-state index >= 15 is 0 Å². The molecule has 0 radical (unpaired) electrons. The van der Waals surface area contributed by atoms with Gasteiger partial charge in [0.15, 0.2) is 5.96 Å². The Balaban J connectivity index is 2.33. The molecule has 21 heavy (non-hydrogen) atoms. The Morgan fingerprint density at radius 3 is 2.62 bits per heavy atom. The lowest BCUT2D eigenvalue weighted by molar-refractivity contribution is 0.0776. The maximum absolute atomic E-state index is 6.03. The standard InChI is InChI=1S/C14H24Cl2N4O/c1-10(2)21-7-5-6-18-14(17-3)19-9-11-8-12(15)13(16)20(11)4/h8,10H,5-7,9H2,1-4H3,(H2,17,18,19). The molecular weight excluding hydrogens is 311 g/mol. The second-order valence-electron chi connectivity index (χ2n) is 4.96. The van der Waals surface area contributed by atoms with Crippen LogP contribution in [0.15, 0.2) is 11.1 Å². The average Bonchev–Trinajstić information content (AvgIpc) is 2.69. The zero-order valence-electron chi connectivity index (χ0n) is 13.0. The lowest BCUT2D eigenvalue weighted by Gasteiger charge is -2.13. The van der Waals surface area contributed by atoms with E-state index in [4.69, 9.17) is 27.9 Å². The van der Waals surface area contributed by atoms with Crippen LogP contribution in [0.5, 0.6) is 0 Å². The molecular formula is C14H24Cl2N4O. The molecule has 1 aromatic heterocycles. The van der Waals surface area contributed by atoms with Crippen LogP contribution < -0.4 is 10.6 Å². The molecule has 0 unspecified atom stereocenters. The molecule has 120 valence electrons. The van der Waals surface area contributed by atoms with E-state index in [9.17, 15) is 0 Å². The minimum Gasteiger partial charge on any atom is -0.379 e. The van der Waals surface area contributed by atoms with Crippen molar-refractivity contribution in [1.29, 1.82) is 0 Å². The van der Waals surface area contributed by atoms with Crippen LogP contribution in [-0.2, 0) is 18.3 Å². The fourth-order valence-corrected chi connectivity index (χ4v) is 2.17. The number of hydrogen-bond donors (Lipinski definition) is 2. The summed E-state index contributed by atoms with van der Waals surface area (Å²) >= 11 is 12.0. The van der Waals surface area contributed by atoms with E-state index in [1.54, 1.807) is 7.05 Å². The molecule has 2 N–H and O–H groups in total. The summed E-state index contributed by atoms with van der Waals surface area (Å²) in [7, 11) is 3.62. The molecule has 0 spiro atoms. The van der Waals surface area contributed by atoms with Gasteiger partial charge in [0.2, 0.25) is 0 Å². The van der Waals surface area contributed by atoms with Crippen LogP contribution in [0.1, 0.15) is 26.0 Å². The fraction of sp³-hybridized carbons (Fsp3) is 0.643. The summed E-state index contributed by atoms with van der Waals surface area (Å²) < 4.78 is 7.33. The normalized spacial score (nSPS) is 12.0. The van der Waals surface area contributed by atoms with E-state index < -0.39 is 0 Å². The fourth-order valence-electron chi connectivity index (χ4n) is 1.75. The molecule has 1 rings (SSSR count). The van der Waals surface area contributed by atoms with Crippen LogP contribution in [0.2, 0.25) is 10.2 Å². The minimum atomic E-state index is 0.272. The maximum atomic E-state index is 6.03. The highest BCUT2D eigenvalue weighted by molar-refractivity contribution is 6.41. The van der Waals surface area contributed by atoms with Gasteiger partial charge in [-0.25, -0.2) is 0 Å². The molecule has 1 heterocycles. The molecule has 0 aromatic carbocycles. The van der Waals surface area contributed by atoms with Crippen molar-refractivity contribution in [2.45, 2.75) is 32.9 Å². The first-order chi connectivity index (χ1) is 9.95. The van der Waals surface area contributed by atoms with Gasteiger partial charge in [0.25, 0.3) is 0 Å². The van der Waals surface area contributed by atoms with E-state index in [0.29, 0.717) is 16.7 Å². The molecule has 0 aliphatic rings. The van der Waals surface area contributed by atoms with Gasteiger partial charge in [0.1, 0.15) is 5.15 Å². The van der Waals surface area contributed by atoms with Crippen molar-refractivity contribution in [1.82, 2.24) is 15.2 Å². The van der Waals surface area contributed by atoms with Crippen LogP contribution in [0.3, 0.4) is 0 Å². The van der Waals surface area contributed by atoms with Crippen molar-refractivity contribution >= 4 is 29.2 Å². The molecule has 0 aliphatic carbocycles.